The van der Waals surface area contributed by atoms with Crippen molar-refractivity contribution in [2.45, 2.75) is 26.3 Å². The van der Waals surface area contributed by atoms with Crippen LogP contribution in [0.5, 0.6) is 0 Å². The number of aliphatic hydroxyl groups is 1. The zero-order valence-electron chi connectivity index (χ0n) is 13.0. The number of aliphatic hydroxyl groups excluding tert-OH is 1. The van der Waals surface area contributed by atoms with Crippen LogP contribution in [0.3, 0.4) is 0 Å². The van der Waals surface area contributed by atoms with E-state index in [4.69, 9.17) is 0 Å². The minimum Gasteiger partial charge on any atom is -0.394 e. The molecule has 0 radical (unpaired) electrons. The first-order valence-electron chi connectivity index (χ1n) is 7.49. The lowest BCUT2D eigenvalue weighted by molar-refractivity contribution is 0.271. The number of aryl methyl sites for hydroxylation is 1. The Morgan fingerprint density at radius 3 is 2.65 bits per heavy atom. The highest BCUT2D eigenvalue weighted by Gasteiger charge is 2.14. The molecule has 0 saturated carbocycles. The summed E-state index contributed by atoms with van der Waals surface area (Å²) >= 11 is 0. The van der Waals surface area contributed by atoms with Gasteiger partial charge in [-0.05, 0) is 25.5 Å². The van der Waals surface area contributed by atoms with E-state index in [9.17, 15) is 5.11 Å². The van der Waals surface area contributed by atoms with E-state index in [1.165, 1.54) is 5.56 Å². The van der Waals surface area contributed by atoms with Crippen LogP contribution in [0.4, 0.5) is 17.5 Å². The molecule has 0 bridgehead atoms. The molecule has 0 aliphatic heterocycles. The molecule has 0 spiro atoms. The lowest BCUT2D eigenvalue weighted by Gasteiger charge is -2.14. The van der Waals surface area contributed by atoms with Crippen LogP contribution in [0, 0.1) is 6.92 Å². The topological polar surface area (TPSA) is 112 Å². The standard InChI is InChI=1S/C15H19N7O/c1-3-10(8-23)17-15-18-13(12-14(19-15)21-22-20-12)16-11-6-4-9(2)5-7-11/h4-7,10,23H,3,8H2,1-2H3,(H3,16,17,18,19,20,21,22)/t10-/m1/s1. The van der Waals surface area contributed by atoms with Gasteiger partial charge in [0, 0.05) is 5.69 Å². The summed E-state index contributed by atoms with van der Waals surface area (Å²) in [5.74, 6) is 0.963. The number of anilines is 3. The third kappa shape index (κ3) is 3.37. The fourth-order valence-corrected chi connectivity index (χ4v) is 2.13. The van der Waals surface area contributed by atoms with Gasteiger partial charge in [0.1, 0.15) is 0 Å². The molecule has 0 saturated heterocycles. The van der Waals surface area contributed by atoms with Crippen molar-refractivity contribution in [3.8, 4) is 0 Å². The number of hydrogen-bond donors (Lipinski definition) is 4. The maximum absolute atomic E-state index is 9.32. The van der Waals surface area contributed by atoms with Gasteiger partial charge in [0.15, 0.2) is 11.3 Å². The number of nitrogens with zero attached hydrogens (tertiary/aromatic N) is 4. The third-order valence-electron chi connectivity index (χ3n) is 3.54. The van der Waals surface area contributed by atoms with E-state index in [0.29, 0.717) is 22.9 Å². The minimum atomic E-state index is -0.105. The van der Waals surface area contributed by atoms with E-state index in [2.05, 4.69) is 36.0 Å². The number of hydrogen-bond acceptors (Lipinski definition) is 7. The molecule has 4 N–H and O–H groups in total. The van der Waals surface area contributed by atoms with Gasteiger partial charge in [-0.1, -0.05) is 24.6 Å². The summed E-state index contributed by atoms with van der Waals surface area (Å²) < 4.78 is 0. The molecule has 8 nitrogen and oxygen atoms in total. The number of benzene rings is 1. The molecule has 120 valence electrons. The molecular formula is C15H19N7O. The highest BCUT2D eigenvalue weighted by Crippen LogP contribution is 2.22. The summed E-state index contributed by atoms with van der Waals surface area (Å²) in [5.41, 5.74) is 3.11. The summed E-state index contributed by atoms with van der Waals surface area (Å²) in [4.78, 5) is 8.77. The second-order valence-electron chi connectivity index (χ2n) is 5.31. The van der Waals surface area contributed by atoms with Crippen LogP contribution in [-0.4, -0.2) is 43.1 Å². The van der Waals surface area contributed by atoms with Gasteiger partial charge in [0.05, 0.1) is 12.6 Å². The molecule has 0 aliphatic carbocycles. The van der Waals surface area contributed by atoms with Crippen LogP contribution in [-0.2, 0) is 0 Å². The molecule has 2 heterocycles. The molecule has 3 rings (SSSR count). The molecule has 1 atom stereocenters. The summed E-state index contributed by atoms with van der Waals surface area (Å²) in [6, 6.07) is 7.87. The number of nitrogens with one attached hydrogen (secondary N) is 3. The predicted molar refractivity (Wildman–Crippen MR) is 88.7 cm³/mol. The van der Waals surface area contributed by atoms with Gasteiger partial charge in [0.2, 0.25) is 11.6 Å². The summed E-state index contributed by atoms with van der Waals surface area (Å²) in [6.45, 7) is 4.03. The number of aromatic amines is 1. The summed E-state index contributed by atoms with van der Waals surface area (Å²) in [6.07, 6.45) is 0.761. The van der Waals surface area contributed by atoms with E-state index >= 15 is 0 Å². The van der Waals surface area contributed by atoms with E-state index in [0.717, 1.165) is 12.1 Å². The Labute approximate surface area is 133 Å². The zero-order valence-corrected chi connectivity index (χ0v) is 13.0. The van der Waals surface area contributed by atoms with Gasteiger partial charge in [-0.25, -0.2) is 0 Å². The van der Waals surface area contributed by atoms with Crippen molar-refractivity contribution in [1.29, 1.82) is 0 Å². The van der Waals surface area contributed by atoms with Crippen molar-refractivity contribution >= 4 is 28.6 Å². The van der Waals surface area contributed by atoms with Crippen LogP contribution in [0.25, 0.3) is 11.2 Å². The van der Waals surface area contributed by atoms with Gasteiger partial charge in [-0.15, -0.1) is 5.10 Å². The Kier molecular flexibility index (Phi) is 4.33. The second kappa shape index (κ2) is 6.57. The first kappa shape index (κ1) is 15.2. The van der Waals surface area contributed by atoms with Crippen molar-refractivity contribution in [2.24, 2.45) is 0 Å². The third-order valence-corrected chi connectivity index (χ3v) is 3.54. The van der Waals surface area contributed by atoms with Crippen LogP contribution >= 0.6 is 0 Å². The van der Waals surface area contributed by atoms with Gasteiger partial charge < -0.3 is 15.7 Å². The number of H-pyrrole nitrogens is 1. The smallest absolute Gasteiger partial charge is 0.227 e. The molecule has 1 aromatic carbocycles. The zero-order chi connectivity index (χ0) is 16.2. The van der Waals surface area contributed by atoms with Crippen molar-refractivity contribution in [3.05, 3.63) is 29.8 Å². The van der Waals surface area contributed by atoms with Gasteiger partial charge in [-0.3, -0.25) is 0 Å². The average Bonchev–Trinajstić information content (AvgIpc) is 3.03. The number of aromatic nitrogens is 5. The van der Waals surface area contributed by atoms with E-state index in [1.54, 1.807) is 0 Å². The fraction of sp³-hybridized carbons (Fsp3) is 0.333. The lowest BCUT2D eigenvalue weighted by Crippen LogP contribution is -2.24. The Balaban J connectivity index is 1.94. The van der Waals surface area contributed by atoms with E-state index in [-0.39, 0.29) is 12.6 Å². The monoisotopic (exact) mass is 313 g/mol. The Bertz CT molecular complexity index is 780. The molecule has 0 amide bonds. The van der Waals surface area contributed by atoms with E-state index < -0.39 is 0 Å². The number of fused-ring (bicyclic) bond motifs is 1. The average molecular weight is 313 g/mol. The Morgan fingerprint density at radius 1 is 1.17 bits per heavy atom. The Hall–Kier alpha value is -2.74. The molecular weight excluding hydrogens is 294 g/mol. The van der Waals surface area contributed by atoms with Gasteiger partial charge >= 0.3 is 0 Å². The van der Waals surface area contributed by atoms with E-state index in [1.807, 2.05) is 38.1 Å². The lowest BCUT2D eigenvalue weighted by atomic mass is 10.2. The highest BCUT2D eigenvalue weighted by atomic mass is 16.3. The molecule has 3 aromatic rings. The molecule has 0 unspecified atom stereocenters. The second-order valence-corrected chi connectivity index (χ2v) is 5.31. The van der Waals surface area contributed by atoms with Crippen molar-refractivity contribution in [3.63, 3.8) is 0 Å². The molecule has 23 heavy (non-hydrogen) atoms. The highest BCUT2D eigenvalue weighted by molar-refractivity contribution is 5.85. The molecule has 8 heteroatoms. The number of rotatable bonds is 6. The maximum atomic E-state index is 9.32. The maximum Gasteiger partial charge on any atom is 0.227 e. The van der Waals surface area contributed by atoms with Crippen LogP contribution < -0.4 is 10.6 Å². The van der Waals surface area contributed by atoms with Crippen LogP contribution in [0.2, 0.25) is 0 Å². The fourth-order valence-electron chi connectivity index (χ4n) is 2.13. The van der Waals surface area contributed by atoms with Crippen molar-refractivity contribution in [2.75, 3.05) is 17.2 Å². The van der Waals surface area contributed by atoms with Crippen molar-refractivity contribution < 1.29 is 5.11 Å². The largest absolute Gasteiger partial charge is 0.394 e. The van der Waals surface area contributed by atoms with Crippen LogP contribution in [0.15, 0.2) is 24.3 Å². The Morgan fingerprint density at radius 2 is 1.96 bits per heavy atom. The summed E-state index contributed by atoms with van der Waals surface area (Å²) in [5, 5.41) is 26.3. The van der Waals surface area contributed by atoms with Gasteiger partial charge in [0.25, 0.3) is 0 Å². The SMILES string of the molecule is CC[C@H](CO)Nc1nc(Nc2ccc(C)cc2)c2n[nH]nc2n1. The molecule has 2 aromatic heterocycles. The molecule has 0 fully saturated rings. The first-order chi connectivity index (χ1) is 11.2. The minimum absolute atomic E-state index is 0.0113. The first-order valence-corrected chi connectivity index (χ1v) is 7.49. The summed E-state index contributed by atoms with van der Waals surface area (Å²) in [7, 11) is 0. The predicted octanol–water partition coefficient (Wildman–Crippen LogP) is 1.98. The van der Waals surface area contributed by atoms with Crippen LogP contribution in [0.1, 0.15) is 18.9 Å². The van der Waals surface area contributed by atoms with Gasteiger partial charge in [-0.2, -0.15) is 20.3 Å². The quantitative estimate of drug-likeness (QED) is 0.550. The van der Waals surface area contributed by atoms with Crippen molar-refractivity contribution in [1.82, 2.24) is 25.4 Å². The normalized spacial score (nSPS) is 12.3. The molecule has 0 aliphatic rings.